The van der Waals surface area contributed by atoms with Crippen molar-refractivity contribution in [2.24, 2.45) is 5.92 Å². The monoisotopic (exact) mass is 488 g/mol. The molecule has 4 atom stereocenters. The first-order valence-electron chi connectivity index (χ1n) is 11.3. The second-order valence-corrected chi connectivity index (χ2v) is 10.6. The van der Waals surface area contributed by atoms with Gasteiger partial charge in [0.2, 0.25) is 0 Å². The van der Waals surface area contributed by atoms with Crippen molar-refractivity contribution in [3.8, 4) is 0 Å². The van der Waals surface area contributed by atoms with Gasteiger partial charge in [0.1, 0.15) is 5.78 Å². The Morgan fingerprint density at radius 2 is 2.00 bits per heavy atom. The Kier molecular flexibility index (Phi) is 10.3. The Morgan fingerprint density at radius 3 is 2.79 bits per heavy atom. The first-order valence-corrected chi connectivity index (χ1v) is 13.5. The molecule has 0 aliphatic heterocycles. The highest BCUT2D eigenvalue weighted by Gasteiger charge is 2.40. The third-order valence-electron chi connectivity index (χ3n) is 5.80. The third-order valence-corrected chi connectivity index (χ3v) is 8.28. The fourth-order valence-electron chi connectivity index (χ4n) is 3.96. The number of ether oxygens (including phenoxy) is 1. The van der Waals surface area contributed by atoms with E-state index in [1.165, 1.54) is 35.2 Å². The molecule has 33 heavy (non-hydrogen) atoms. The summed E-state index contributed by atoms with van der Waals surface area (Å²) in [6, 6.07) is 14.6. The Morgan fingerprint density at radius 1 is 1.21 bits per heavy atom. The smallest absolute Gasteiger partial charge is 0.315 e. The molecule has 178 valence electrons. The summed E-state index contributed by atoms with van der Waals surface area (Å²) in [7, 11) is 1.38. The molecule has 1 fully saturated rings. The number of methoxy groups -OCH3 is 1. The number of thioether (sulfide) groups is 2. The molecule has 0 bridgehead atoms. The van der Waals surface area contributed by atoms with Gasteiger partial charge < -0.3 is 14.9 Å². The zero-order chi connectivity index (χ0) is 23.6. The Bertz CT molecular complexity index is 961. The number of Topliss-reactive ketones (excluding diaryl/α,β-unsaturated/α-hetero) is 1. The van der Waals surface area contributed by atoms with E-state index in [2.05, 4.69) is 35.1 Å². The molecule has 1 aliphatic rings. The van der Waals surface area contributed by atoms with Crippen LogP contribution in [0.1, 0.15) is 24.8 Å². The minimum atomic E-state index is -0.701. The summed E-state index contributed by atoms with van der Waals surface area (Å²) in [5.41, 5.74) is 1.18. The summed E-state index contributed by atoms with van der Waals surface area (Å²) in [6.45, 7) is 0. The third kappa shape index (κ3) is 7.88. The van der Waals surface area contributed by atoms with Crippen LogP contribution in [-0.2, 0) is 20.7 Å². The standard InChI is InChI=1S/C26H32O5S2/c1-31-25(30)17-32-13-4-14-33-26-22(23(28)16-24(26)29)12-11-21(27)10-8-18-7-9-19-5-2-3-6-20(19)15-18/h2-3,5-7,9,11-12,15,21-23,26-28H,4,8,10,13-14,16-17H2,1H3/b12-11+/t21?,22-,23+,26+/m0/s1. The van der Waals surface area contributed by atoms with Crippen LogP contribution >= 0.6 is 23.5 Å². The van der Waals surface area contributed by atoms with Gasteiger partial charge in [0.25, 0.3) is 0 Å². The zero-order valence-electron chi connectivity index (χ0n) is 18.9. The van der Waals surface area contributed by atoms with Gasteiger partial charge in [-0.1, -0.05) is 54.6 Å². The van der Waals surface area contributed by atoms with E-state index in [1.54, 1.807) is 17.8 Å². The molecule has 1 saturated carbocycles. The number of aryl methyl sites for hydroxylation is 1. The van der Waals surface area contributed by atoms with Crippen LogP contribution in [0.3, 0.4) is 0 Å². The first-order chi connectivity index (χ1) is 16.0. The van der Waals surface area contributed by atoms with E-state index in [0.29, 0.717) is 12.2 Å². The number of rotatable bonds is 12. The van der Waals surface area contributed by atoms with Crippen molar-refractivity contribution in [3.63, 3.8) is 0 Å². The Hall–Kier alpha value is -1.80. The predicted octanol–water partition coefficient (Wildman–Crippen LogP) is 4.04. The summed E-state index contributed by atoms with van der Waals surface area (Å²) in [6.07, 6.45) is 4.60. The number of fused-ring (bicyclic) bond motifs is 1. The van der Waals surface area contributed by atoms with E-state index in [-0.39, 0.29) is 29.3 Å². The summed E-state index contributed by atoms with van der Waals surface area (Å²) in [5.74, 6) is 1.50. The maximum Gasteiger partial charge on any atom is 0.315 e. The van der Waals surface area contributed by atoms with Gasteiger partial charge in [-0.3, -0.25) is 9.59 Å². The lowest BCUT2D eigenvalue weighted by atomic mass is 10.0. The van der Waals surface area contributed by atoms with Gasteiger partial charge in [-0.05, 0) is 47.1 Å². The van der Waals surface area contributed by atoms with E-state index < -0.39 is 12.2 Å². The summed E-state index contributed by atoms with van der Waals surface area (Å²) in [4.78, 5) is 23.5. The number of esters is 1. The van der Waals surface area contributed by atoms with Gasteiger partial charge in [-0.2, -0.15) is 11.8 Å². The highest BCUT2D eigenvalue weighted by atomic mass is 32.2. The lowest BCUT2D eigenvalue weighted by molar-refractivity contribution is -0.137. The van der Waals surface area contributed by atoms with Crippen molar-refractivity contribution in [1.29, 1.82) is 0 Å². The number of aliphatic hydroxyl groups excluding tert-OH is 2. The fourth-order valence-corrected chi connectivity index (χ4v) is 6.26. The topological polar surface area (TPSA) is 83.8 Å². The average molecular weight is 489 g/mol. The molecule has 1 aliphatic carbocycles. The number of ketones is 1. The van der Waals surface area contributed by atoms with Crippen molar-refractivity contribution >= 4 is 46.0 Å². The second-order valence-electron chi connectivity index (χ2n) is 8.26. The second kappa shape index (κ2) is 13.2. The minimum Gasteiger partial charge on any atom is -0.468 e. The van der Waals surface area contributed by atoms with Crippen LogP contribution in [0.4, 0.5) is 0 Å². The molecule has 0 amide bonds. The molecule has 2 aromatic rings. The number of carbonyl (C=O) groups is 2. The van der Waals surface area contributed by atoms with Crippen LogP contribution in [0.25, 0.3) is 10.8 Å². The van der Waals surface area contributed by atoms with E-state index in [9.17, 15) is 19.8 Å². The van der Waals surface area contributed by atoms with E-state index >= 15 is 0 Å². The van der Waals surface area contributed by atoms with Crippen LogP contribution in [-0.4, -0.2) is 63.8 Å². The number of hydrogen-bond acceptors (Lipinski definition) is 7. The molecule has 7 heteroatoms. The lowest BCUT2D eigenvalue weighted by Gasteiger charge is -2.17. The van der Waals surface area contributed by atoms with Crippen LogP contribution in [0.5, 0.6) is 0 Å². The Balaban J connectivity index is 1.45. The van der Waals surface area contributed by atoms with Crippen LogP contribution < -0.4 is 0 Å². The molecular formula is C26H32O5S2. The molecule has 0 spiro atoms. The molecule has 2 N–H and O–H groups in total. The van der Waals surface area contributed by atoms with Gasteiger partial charge in [0.05, 0.1) is 30.3 Å². The van der Waals surface area contributed by atoms with Crippen LogP contribution in [0.15, 0.2) is 54.6 Å². The average Bonchev–Trinajstić information content (AvgIpc) is 3.09. The molecule has 0 saturated heterocycles. The van der Waals surface area contributed by atoms with Gasteiger partial charge in [-0.15, -0.1) is 11.8 Å². The highest BCUT2D eigenvalue weighted by Crippen LogP contribution is 2.34. The molecule has 3 rings (SSSR count). The zero-order valence-corrected chi connectivity index (χ0v) is 20.5. The van der Waals surface area contributed by atoms with E-state index in [4.69, 9.17) is 0 Å². The van der Waals surface area contributed by atoms with Crippen molar-refractivity contribution in [2.45, 2.75) is 43.1 Å². The summed E-state index contributed by atoms with van der Waals surface area (Å²) < 4.78 is 4.62. The van der Waals surface area contributed by atoms with Crippen molar-refractivity contribution in [3.05, 3.63) is 60.2 Å². The quantitative estimate of drug-likeness (QED) is 0.265. The van der Waals surface area contributed by atoms with E-state index in [0.717, 1.165) is 24.3 Å². The maximum atomic E-state index is 12.4. The van der Waals surface area contributed by atoms with Gasteiger partial charge in [0.15, 0.2) is 0 Å². The van der Waals surface area contributed by atoms with Gasteiger partial charge >= 0.3 is 5.97 Å². The van der Waals surface area contributed by atoms with Crippen molar-refractivity contribution in [1.82, 2.24) is 0 Å². The summed E-state index contributed by atoms with van der Waals surface area (Å²) >= 11 is 3.08. The lowest BCUT2D eigenvalue weighted by Crippen LogP contribution is -2.22. The predicted molar refractivity (Wildman–Crippen MR) is 137 cm³/mol. The number of aliphatic hydroxyl groups is 2. The van der Waals surface area contributed by atoms with Gasteiger partial charge in [0, 0.05) is 12.3 Å². The van der Waals surface area contributed by atoms with Crippen molar-refractivity contribution < 1.29 is 24.5 Å². The number of benzene rings is 2. The molecule has 1 unspecified atom stereocenters. The number of hydrogen-bond donors (Lipinski definition) is 2. The molecular weight excluding hydrogens is 456 g/mol. The molecule has 5 nitrogen and oxygen atoms in total. The van der Waals surface area contributed by atoms with Crippen LogP contribution in [0.2, 0.25) is 0 Å². The number of carbonyl (C=O) groups excluding carboxylic acids is 2. The van der Waals surface area contributed by atoms with Crippen molar-refractivity contribution in [2.75, 3.05) is 24.4 Å². The molecule has 0 aromatic heterocycles. The maximum absolute atomic E-state index is 12.4. The van der Waals surface area contributed by atoms with Crippen LogP contribution in [0, 0.1) is 5.92 Å². The largest absolute Gasteiger partial charge is 0.468 e. The first kappa shape index (κ1) is 25.8. The molecule has 2 aromatic carbocycles. The normalized spacial score (nSPS) is 21.7. The fraction of sp³-hybridized carbons (Fsp3) is 0.462. The Labute approximate surface area is 204 Å². The van der Waals surface area contributed by atoms with E-state index in [1.807, 2.05) is 18.2 Å². The molecule has 0 heterocycles. The minimum absolute atomic E-state index is 0.0648. The highest BCUT2D eigenvalue weighted by molar-refractivity contribution is 8.01. The van der Waals surface area contributed by atoms with Gasteiger partial charge in [-0.25, -0.2) is 0 Å². The summed E-state index contributed by atoms with van der Waals surface area (Å²) in [5, 5.41) is 22.9. The molecule has 0 radical (unpaired) electrons. The SMILES string of the molecule is COC(=O)CSCCCS[C@H]1C(=O)C[C@@H](O)[C@@H]1/C=C/C(O)CCc1ccc2ccccc2c1.